The predicted molar refractivity (Wildman–Crippen MR) is 76.3 cm³/mol. The summed E-state index contributed by atoms with van der Waals surface area (Å²) in [6, 6.07) is 4.55. The lowest BCUT2D eigenvalue weighted by Gasteiger charge is -2.13. The molecule has 0 heterocycles. The summed E-state index contributed by atoms with van der Waals surface area (Å²) >= 11 is 0. The quantitative estimate of drug-likeness (QED) is 0.842. The molecule has 6 heteroatoms. The number of hydrogen-bond donors (Lipinski definition) is 2. The summed E-state index contributed by atoms with van der Waals surface area (Å²) < 4.78 is 15.2. The fourth-order valence-corrected chi connectivity index (χ4v) is 2.13. The number of benzene rings is 2. The fraction of sp³-hybridized carbons (Fsp3) is 0.267. The van der Waals surface area contributed by atoms with Crippen LogP contribution in [0.4, 0.5) is 0 Å². The molecule has 0 saturated heterocycles. The number of phenols is 2. The SMILES string of the molecule is CCOC(=O)c1c(O)cc2cc(OC)cc(OC)c2c1O. The van der Waals surface area contributed by atoms with Crippen LogP contribution in [0.2, 0.25) is 0 Å². The number of methoxy groups -OCH3 is 2. The van der Waals surface area contributed by atoms with Crippen LogP contribution in [0.3, 0.4) is 0 Å². The molecule has 0 atom stereocenters. The highest BCUT2D eigenvalue weighted by atomic mass is 16.5. The summed E-state index contributed by atoms with van der Waals surface area (Å²) in [7, 11) is 2.93. The summed E-state index contributed by atoms with van der Waals surface area (Å²) in [6.45, 7) is 1.77. The predicted octanol–water partition coefficient (Wildman–Crippen LogP) is 2.44. The van der Waals surface area contributed by atoms with E-state index in [0.29, 0.717) is 22.3 Å². The van der Waals surface area contributed by atoms with Gasteiger partial charge < -0.3 is 24.4 Å². The van der Waals surface area contributed by atoms with Crippen LogP contribution in [0, 0.1) is 0 Å². The maximum Gasteiger partial charge on any atom is 0.345 e. The molecular formula is C15H16O6. The average Bonchev–Trinajstić information content (AvgIpc) is 2.45. The van der Waals surface area contributed by atoms with E-state index in [-0.39, 0.29) is 23.7 Å². The molecular weight excluding hydrogens is 276 g/mol. The number of rotatable bonds is 4. The van der Waals surface area contributed by atoms with Crippen molar-refractivity contribution in [3.63, 3.8) is 0 Å². The zero-order chi connectivity index (χ0) is 15.6. The molecule has 0 amide bonds. The van der Waals surface area contributed by atoms with Crippen LogP contribution in [-0.2, 0) is 4.74 Å². The maximum absolute atomic E-state index is 11.8. The molecule has 0 radical (unpaired) electrons. The van der Waals surface area contributed by atoms with Crippen molar-refractivity contribution in [2.75, 3.05) is 20.8 Å². The van der Waals surface area contributed by atoms with E-state index in [4.69, 9.17) is 14.2 Å². The molecule has 2 aromatic carbocycles. The van der Waals surface area contributed by atoms with Crippen molar-refractivity contribution in [1.82, 2.24) is 0 Å². The van der Waals surface area contributed by atoms with Crippen LogP contribution in [0.1, 0.15) is 17.3 Å². The number of esters is 1. The van der Waals surface area contributed by atoms with E-state index in [1.165, 1.54) is 20.3 Å². The Morgan fingerprint density at radius 1 is 1.14 bits per heavy atom. The first kappa shape index (κ1) is 14.8. The van der Waals surface area contributed by atoms with Gasteiger partial charge in [0.25, 0.3) is 0 Å². The molecule has 2 rings (SSSR count). The molecule has 112 valence electrons. The molecule has 2 aromatic rings. The Labute approximate surface area is 121 Å². The first-order valence-corrected chi connectivity index (χ1v) is 6.31. The Hall–Kier alpha value is -2.63. The normalized spacial score (nSPS) is 10.4. The molecule has 6 nitrogen and oxygen atoms in total. The minimum atomic E-state index is -0.799. The number of carbonyl (C=O) groups excluding carboxylic acids is 1. The molecule has 0 fully saturated rings. The van der Waals surface area contributed by atoms with Gasteiger partial charge in [-0.1, -0.05) is 0 Å². The van der Waals surface area contributed by atoms with E-state index in [2.05, 4.69) is 0 Å². The molecule has 0 aromatic heterocycles. The van der Waals surface area contributed by atoms with Crippen molar-refractivity contribution >= 4 is 16.7 Å². The summed E-state index contributed by atoms with van der Waals surface area (Å²) in [6.07, 6.45) is 0. The standard InChI is InChI=1S/C15H16O6/c1-4-21-15(18)13-10(16)6-8-5-9(19-2)7-11(20-3)12(8)14(13)17/h5-7,16-17H,4H2,1-3H3. The number of ether oxygens (including phenoxy) is 3. The monoisotopic (exact) mass is 292 g/mol. The number of aromatic hydroxyl groups is 2. The second-order valence-corrected chi connectivity index (χ2v) is 4.27. The van der Waals surface area contributed by atoms with Crippen LogP contribution in [0.5, 0.6) is 23.0 Å². The second kappa shape index (κ2) is 5.78. The maximum atomic E-state index is 11.8. The van der Waals surface area contributed by atoms with Crippen molar-refractivity contribution in [2.45, 2.75) is 6.92 Å². The highest BCUT2D eigenvalue weighted by molar-refractivity contribution is 6.06. The highest BCUT2D eigenvalue weighted by Gasteiger charge is 2.23. The van der Waals surface area contributed by atoms with Crippen LogP contribution < -0.4 is 9.47 Å². The molecule has 0 spiro atoms. The molecule has 0 aliphatic carbocycles. The van der Waals surface area contributed by atoms with E-state index in [1.807, 2.05) is 0 Å². The van der Waals surface area contributed by atoms with Gasteiger partial charge in [-0.05, 0) is 24.4 Å². The molecule has 0 saturated carbocycles. The number of phenolic OH excluding ortho intramolecular Hbond substituents is 2. The van der Waals surface area contributed by atoms with Gasteiger partial charge >= 0.3 is 5.97 Å². The molecule has 0 aliphatic heterocycles. The van der Waals surface area contributed by atoms with E-state index in [1.54, 1.807) is 19.1 Å². The van der Waals surface area contributed by atoms with Gasteiger partial charge in [0.2, 0.25) is 0 Å². The zero-order valence-corrected chi connectivity index (χ0v) is 12.0. The second-order valence-electron chi connectivity index (χ2n) is 4.27. The lowest BCUT2D eigenvalue weighted by atomic mass is 10.0. The number of hydrogen-bond acceptors (Lipinski definition) is 6. The molecule has 21 heavy (non-hydrogen) atoms. The summed E-state index contributed by atoms with van der Waals surface area (Å²) in [5.74, 6) is -0.724. The molecule has 0 unspecified atom stereocenters. The first-order chi connectivity index (χ1) is 10.0. The van der Waals surface area contributed by atoms with Crippen molar-refractivity contribution in [3.8, 4) is 23.0 Å². The fourth-order valence-electron chi connectivity index (χ4n) is 2.13. The van der Waals surface area contributed by atoms with E-state index in [0.717, 1.165) is 0 Å². The number of carbonyl (C=O) groups is 1. The third kappa shape index (κ3) is 2.52. The molecule has 0 aliphatic rings. The van der Waals surface area contributed by atoms with Gasteiger partial charge in [-0.3, -0.25) is 0 Å². The minimum absolute atomic E-state index is 0.134. The van der Waals surface area contributed by atoms with Gasteiger partial charge in [0, 0.05) is 6.07 Å². The number of fused-ring (bicyclic) bond motifs is 1. The smallest absolute Gasteiger partial charge is 0.345 e. The van der Waals surface area contributed by atoms with E-state index in [9.17, 15) is 15.0 Å². The highest BCUT2D eigenvalue weighted by Crippen LogP contribution is 2.42. The van der Waals surface area contributed by atoms with E-state index >= 15 is 0 Å². The zero-order valence-electron chi connectivity index (χ0n) is 12.0. The Morgan fingerprint density at radius 2 is 1.86 bits per heavy atom. The third-order valence-corrected chi connectivity index (χ3v) is 3.06. The van der Waals surface area contributed by atoms with Gasteiger partial charge in [0.1, 0.15) is 28.6 Å². The summed E-state index contributed by atoms with van der Waals surface area (Å²) in [4.78, 5) is 11.8. The first-order valence-electron chi connectivity index (χ1n) is 6.31. The van der Waals surface area contributed by atoms with Crippen molar-refractivity contribution < 1.29 is 29.2 Å². The van der Waals surface area contributed by atoms with Crippen molar-refractivity contribution in [1.29, 1.82) is 0 Å². The Bertz CT molecular complexity index is 692. The van der Waals surface area contributed by atoms with Crippen LogP contribution >= 0.6 is 0 Å². The summed E-state index contributed by atoms with van der Waals surface area (Å²) in [5, 5.41) is 21.1. The van der Waals surface area contributed by atoms with E-state index < -0.39 is 5.97 Å². The topological polar surface area (TPSA) is 85.2 Å². The van der Waals surface area contributed by atoms with Crippen LogP contribution in [0.25, 0.3) is 10.8 Å². The van der Waals surface area contributed by atoms with Crippen molar-refractivity contribution in [2.24, 2.45) is 0 Å². The minimum Gasteiger partial charge on any atom is -0.507 e. The van der Waals surface area contributed by atoms with Crippen LogP contribution in [0.15, 0.2) is 18.2 Å². The molecule has 2 N–H and O–H groups in total. The average molecular weight is 292 g/mol. The third-order valence-electron chi connectivity index (χ3n) is 3.06. The van der Waals surface area contributed by atoms with Crippen LogP contribution in [-0.4, -0.2) is 37.0 Å². The largest absolute Gasteiger partial charge is 0.507 e. The van der Waals surface area contributed by atoms with Crippen molar-refractivity contribution in [3.05, 3.63) is 23.8 Å². The van der Waals surface area contributed by atoms with Gasteiger partial charge in [-0.15, -0.1) is 0 Å². The summed E-state index contributed by atoms with van der Waals surface area (Å²) in [5.41, 5.74) is -0.284. The molecule has 0 bridgehead atoms. The Kier molecular flexibility index (Phi) is 4.07. The lowest BCUT2D eigenvalue weighted by molar-refractivity contribution is 0.0520. The Balaban J connectivity index is 2.78. The lowest BCUT2D eigenvalue weighted by Crippen LogP contribution is -2.06. The van der Waals surface area contributed by atoms with Gasteiger partial charge in [0.05, 0.1) is 26.2 Å². The van der Waals surface area contributed by atoms with Gasteiger partial charge in [-0.2, -0.15) is 0 Å². The Morgan fingerprint density at radius 3 is 2.43 bits per heavy atom. The van der Waals surface area contributed by atoms with Gasteiger partial charge in [0.15, 0.2) is 0 Å². The van der Waals surface area contributed by atoms with Gasteiger partial charge in [-0.25, -0.2) is 4.79 Å².